The first-order valence-electron chi connectivity index (χ1n) is 5.06. The van der Waals surface area contributed by atoms with E-state index in [1.807, 2.05) is 0 Å². The number of amides is 1. The van der Waals surface area contributed by atoms with Gasteiger partial charge in [0, 0.05) is 6.92 Å². The molecular formula is C8H14NO8S-. The molecule has 0 aromatic heterocycles. The topological polar surface area (TPSA) is 145 Å². The monoisotopic (exact) mass is 284 g/mol. The zero-order chi connectivity index (χ0) is 13.9. The van der Waals surface area contributed by atoms with E-state index in [0.717, 1.165) is 0 Å². The van der Waals surface area contributed by atoms with Gasteiger partial charge in [0.25, 0.3) is 0 Å². The molecule has 3 N–H and O–H groups in total. The maximum absolute atomic E-state index is 10.9. The first kappa shape index (κ1) is 15.3. The predicted molar refractivity (Wildman–Crippen MR) is 55.0 cm³/mol. The summed E-state index contributed by atoms with van der Waals surface area (Å²) in [5.74, 6) is -0.464. The smallest absolute Gasteiger partial charge is 0.218 e. The van der Waals surface area contributed by atoms with Gasteiger partial charge in [-0.25, -0.2) is 8.42 Å². The lowest BCUT2D eigenvalue weighted by Crippen LogP contribution is -2.60. The third-order valence-corrected chi connectivity index (χ3v) is 2.86. The summed E-state index contributed by atoms with van der Waals surface area (Å²) in [5.41, 5.74) is 0. The van der Waals surface area contributed by atoms with Crippen LogP contribution in [0.4, 0.5) is 0 Å². The van der Waals surface area contributed by atoms with Crippen molar-refractivity contribution in [3.8, 4) is 0 Å². The van der Waals surface area contributed by atoms with Crippen LogP contribution in [-0.2, 0) is 24.1 Å². The van der Waals surface area contributed by atoms with Crippen LogP contribution in [0.5, 0.6) is 0 Å². The Balaban J connectivity index is 2.82. The lowest BCUT2D eigenvalue weighted by molar-refractivity contribution is -0.156. The maximum Gasteiger partial charge on any atom is 0.218 e. The van der Waals surface area contributed by atoms with Crippen LogP contribution in [0.1, 0.15) is 6.92 Å². The Labute approximate surface area is 104 Å². The Morgan fingerprint density at radius 2 is 2.22 bits per heavy atom. The first-order valence-corrected chi connectivity index (χ1v) is 6.39. The zero-order valence-electron chi connectivity index (χ0n) is 9.48. The summed E-state index contributed by atoms with van der Waals surface area (Å²) < 4.78 is 40.7. The van der Waals surface area contributed by atoms with Crippen LogP contribution in [0.3, 0.4) is 0 Å². The normalized spacial score (nSPS) is 33.1. The molecule has 4 atom stereocenters. The quantitative estimate of drug-likeness (QED) is 0.368. The lowest BCUT2D eigenvalue weighted by Gasteiger charge is -2.39. The molecule has 0 radical (unpaired) electrons. The van der Waals surface area contributed by atoms with Crippen molar-refractivity contribution in [2.75, 3.05) is 13.2 Å². The fraction of sp³-hybridized carbons (Fsp3) is 0.875. The molecule has 2 unspecified atom stereocenters. The van der Waals surface area contributed by atoms with Crippen LogP contribution in [0.2, 0.25) is 0 Å². The standard InChI is InChI=1S/C8H15NO8S/c1-4(11)9-5-3-16-6(2-10)8(7(5)12)17-18(13,14)15/h5-8,10,12H,2-3H2,1H3,(H,9,11)(H,13,14,15)/p-1/t5?,6?,7-,8+/m0/s1. The Morgan fingerprint density at radius 1 is 1.61 bits per heavy atom. The Bertz CT molecular complexity index is 396. The van der Waals surface area contributed by atoms with E-state index in [1.54, 1.807) is 0 Å². The van der Waals surface area contributed by atoms with E-state index in [1.165, 1.54) is 6.92 Å². The second-order valence-electron chi connectivity index (χ2n) is 3.82. The van der Waals surface area contributed by atoms with Crippen LogP contribution in [0.15, 0.2) is 0 Å². The number of carbonyl (C=O) groups excluding carboxylic acids is 1. The minimum atomic E-state index is -5.07. The average Bonchev–Trinajstić information content (AvgIpc) is 2.22. The van der Waals surface area contributed by atoms with Crippen LogP contribution < -0.4 is 5.32 Å². The number of nitrogens with one attached hydrogen (secondary N) is 1. The highest BCUT2D eigenvalue weighted by Gasteiger charge is 2.41. The van der Waals surface area contributed by atoms with Crippen molar-refractivity contribution < 1.29 is 36.9 Å². The molecule has 10 heteroatoms. The van der Waals surface area contributed by atoms with Crippen LogP contribution in [-0.4, -0.2) is 66.7 Å². The van der Waals surface area contributed by atoms with Gasteiger partial charge in [-0.15, -0.1) is 0 Å². The highest BCUT2D eigenvalue weighted by molar-refractivity contribution is 7.80. The molecule has 0 aromatic carbocycles. The fourth-order valence-electron chi connectivity index (χ4n) is 1.67. The first-order chi connectivity index (χ1) is 8.24. The van der Waals surface area contributed by atoms with Gasteiger partial charge in [-0.3, -0.25) is 8.98 Å². The Morgan fingerprint density at radius 3 is 2.67 bits per heavy atom. The van der Waals surface area contributed by atoms with E-state index in [2.05, 4.69) is 9.50 Å². The van der Waals surface area contributed by atoms with E-state index >= 15 is 0 Å². The molecule has 1 aliphatic heterocycles. The Kier molecular flexibility index (Phi) is 5.01. The summed E-state index contributed by atoms with van der Waals surface area (Å²) >= 11 is 0. The average molecular weight is 284 g/mol. The van der Waals surface area contributed by atoms with Gasteiger partial charge < -0.3 is 24.8 Å². The number of aliphatic hydroxyl groups is 2. The van der Waals surface area contributed by atoms with E-state index < -0.39 is 47.3 Å². The van der Waals surface area contributed by atoms with Crippen molar-refractivity contribution in [3.63, 3.8) is 0 Å². The molecule has 106 valence electrons. The third-order valence-electron chi connectivity index (χ3n) is 2.40. The molecule has 1 fully saturated rings. The zero-order valence-corrected chi connectivity index (χ0v) is 10.3. The van der Waals surface area contributed by atoms with Gasteiger partial charge in [0.05, 0.1) is 19.3 Å². The number of aliphatic hydroxyl groups excluding tert-OH is 2. The van der Waals surface area contributed by atoms with Crippen LogP contribution >= 0.6 is 0 Å². The molecule has 1 saturated heterocycles. The predicted octanol–water partition coefficient (Wildman–Crippen LogP) is -2.91. The molecule has 0 aliphatic carbocycles. The molecule has 18 heavy (non-hydrogen) atoms. The van der Waals surface area contributed by atoms with E-state index in [4.69, 9.17) is 9.84 Å². The summed E-state index contributed by atoms with van der Waals surface area (Å²) in [5, 5.41) is 21.1. The number of hydrogen-bond acceptors (Lipinski definition) is 8. The van der Waals surface area contributed by atoms with Crippen molar-refractivity contribution >= 4 is 16.3 Å². The second-order valence-corrected chi connectivity index (χ2v) is 4.83. The molecule has 0 aromatic rings. The minimum absolute atomic E-state index is 0.134. The van der Waals surface area contributed by atoms with Crippen molar-refractivity contribution in [1.82, 2.24) is 5.32 Å². The molecule has 1 aliphatic rings. The van der Waals surface area contributed by atoms with Crippen LogP contribution in [0, 0.1) is 0 Å². The highest BCUT2D eigenvalue weighted by atomic mass is 32.3. The van der Waals surface area contributed by atoms with Crippen molar-refractivity contribution in [3.05, 3.63) is 0 Å². The minimum Gasteiger partial charge on any atom is -0.726 e. The maximum atomic E-state index is 10.9. The molecule has 0 bridgehead atoms. The molecule has 1 amide bonds. The SMILES string of the molecule is CC(=O)NC1COC(CO)[C@@H](OS(=O)(=O)[O-])[C@H]1O. The summed E-state index contributed by atoms with van der Waals surface area (Å²) in [6.45, 7) is 0.430. The van der Waals surface area contributed by atoms with Crippen molar-refractivity contribution in [1.29, 1.82) is 0 Å². The van der Waals surface area contributed by atoms with E-state index in [0.29, 0.717) is 0 Å². The molecule has 0 spiro atoms. The van der Waals surface area contributed by atoms with Crippen molar-refractivity contribution in [2.24, 2.45) is 0 Å². The van der Waals surface area contributed by atoms with Crippen molar-refractivity contribution in [2.45, 2.75) is 31.3 Å². The largest absolute Gasteiger partial charge is 0.726 e. The van der Waals surface area contributed by atoms with Gasteiger partial charge in [0.2, 0.25) is 16.3 Å². The number of carbonyl (C=O) groups is 1. The van der Waals surface area contributed by atoms with E-state index in [-0.39, 0.29) is 6.61 Å². The highest BCUT2D eigenvalue weighted by Crippen LogP contribution is 2.20. The van der Waals surface area contributed by atoms with E-state index in [9.17, 15) is 22.9 Å². The van der Waals surface area contributed by atoms with Gasteiger partial charge >= 0.3 is 0 Å². The summed E-state index contributed by atoms with van der Waals surface area (Å²) in [6.07, 6.45) is -4.21. The van der Waals surface area contributed by atoms with Crippen LogP contribution in [0.25, 0.3) is 0 Å². The molecule has 0 saturated carbocycles. The summed E-state index contributed by atoms with van der Waals surface area (Å²) in [7, 11) is -5.07. The molecular weight excluding hydrogens is 270 g/mol. The summed E-state index contributed by atoms with van der Waals surface area (Å²) in [4.78, 5) is 10.9. The number of rotatable bonds is 4. The number of ether oxygens (including phenoxy) is 1. The summed E-state index contributed by atoms with van der Waals surface area (Å²) in [6, 6.07) is -0.919. The van der Waals surface area contributed by atoms with Gasteiger partial charge in [-0.1, -0.05) is 0 Å². The lowest BCUT2D eigenvalue weighted by atomic mass is 9.98. The fourth-order valence-corrected chi connectivity index (χ4v) is 2.18. The van der Waals surface area contributed by atoms with Gasteiger partial charge in [0.1, 0.15) is 18.3 Å². The van der Waals surface area contributed by atoms with Gasteiger partial charge in [-0.2, -0.15) is 0 Å². The van der Waals surface area contributed by atoms with Gasteiger partial charge in [-0.05, 0) is 0 Å². The second kappa shape index (κ2) is 5.91. The molecule has 1 rings (SSSR count). The third kappa shape index (κ3) is 4.15. The Hall–Kier alpha value is -0.780. The molecule has 9 nitrogen and oxygen atoms in total. The number of hydrogen-bond donors (Lipinski definition) is 3. The molecule has 1 heterocycles. The van der Waals surface area contributed by atoms with Gasteiger partial charge in [0.15, 0.2) is 0 Å².